The average Bonchev–Trinajstić information content (AvgIpc) is 2.73. The molecule has 0 amide bonds. The molecule has 1 aliphatic rings. The summed E-state index contributed by atoms with van der Waals surface area (Å²) >= 11 is 0. The Morgan fingerprint density at radius 2 is 2.25 bits per heavy atom. The number of anilines is 1. The van der Waals surface area contributed by atoms with Gasteiger partial charge in [0.2, 0.25) is 0 Å². The summed E-state index contributed by atoms with van der Waals surface area (Å²) in [7, 11) is 0. The first-order chi connectivity index (χ1) is 7.83. The number of nitrogens with two attached hydrogens (primary N) is 1. The third-order valence-corrected chi connectivity index (χ3v) is 3.18. The number of nitrogens with zero attached hydrogens (tertiary/aromatic N) is 1. The topological polar surface area (TPSA) is 54.7 Å². The molecule has 0 bridgehead atoms. The number of aromatic nitrogens is 2. The lowest BCUT2D eigenvalue weighted by atomic mass is 9.94. The van der Waals surface area contributed by atoms with Gasteiger partial charge in [0.1, 0.15) is 5.82 Å². The molecule has 0 fully saturated rings. The van der Waals surface area contributed by atoms with Gasteiger partial charge in [-0.2, -0.15) is 0 Å². The van der Waals surface area contributed by atoms with Crippen LogP contribution < -0.4 is 5.73 Å². The molecule has 0 saturated heterocycles. The van der Waals surface area contributed by atoms with Crippen LogP contribution in [0.15, 0.2) is 30.4 Å². The molecule has 3 heteroatoms. The van der Waals surface area contributed by atoms with Crippen molar-refractivity contribution in [1.29, 1.82) is 0 Å². The summed E-state index contributed by atoms with van der Waals surface area (Å²) in [6.07, 6.45) is 7.93. The molecule has 1 aromatic heterocycles. The Labute approximate surface area is 94.4 Å². The van der Waals surface area contributed by atoms with Gasteiger partial charge >= 0.3 is 0 Å². The van der Waals surface area contributed by atoms with Crippen molar-refractivity contribution in [3.63, 3.8) is 0 Å². The number of benzene rings is 1. The molecule has 1 aliphatic carbocycles. The Bertz CT molecular complexity index is 539. The van der Waals surface area contributed by atoms with Crippen LogP contribution in [-0.4, -0.2) is 9.97 Å². The monoisotopic (exact) mass is 213 g/mol. The number of aromatic amines is 1. The molecule has 3 N–H and O–H groups in total. The lowest BCUT2D eigenvalue weighted by Crippen LogP contribution is -2.02. The molecule has 16 heavy (non-hydrogen) atoms. The number of H-pyrrole nitrogens is 1. The normalized spacial score (nSPS) is 20.4. The minimum atomic E-state index is 0.540. The second kappa shape index (κ2) is 3.67. The molecule has 0 saturated carbocycles. The maximum Gasteiger partial charge on any atom is 0.110 e. The van der Waals surface area contributed by atoms with Crippen LogP contribution >= 0.6 is 0 Å². The average molecular weight is 213 g/mol. The summed E-state index contributed by atoms with van der Waals surface area (Å²) in [6, 6.07) is 5.82. The van der Waals surface area contributed by atoms with Gasteiger partial charge in [-0.3, -0.25) is 0 Å². The summed E-state index contributed by atoms with van der Waals surface area (Å²) in [5, 5.41) is 0. The Hall–Kier alpha value is -1.77. The zero-order valence-corrected chi connectivity index (χ0v) is 9.11. The van der Waals surface area contributed by atoms with E-state index in [9.17, 15) is 0 Å². The van der Waals surface area contributed by atoms with E-state index < -0.39 is 0 Å². The minimum Gasteiger partial charge on any atom is -0.399 e. The van der Waals surface area contributed by atoms with E-state index in [-0.39, 0.29) is 0 Å². The standard InChI is InChI=1S/C13H15N3/c14-10-6-7-11-12(8-10)16-13(15-11)9-4-2-1-3-5-9/h1-2,6-9H,3-5,14H2,(H,15,16). The number of imidazole rings is 1. The molecule has 0 radical (unpaired) electrons. The minimum absolute atomic E-state index is 0.540. The number of nitrogens with one attached hydrogen (secondary N) is 1. The molecular weight excluding hydrogens is 198 g/mol. The van der Waals surface area contributed by atoms with E-state index in [2.05, 4.69) is 22.1 Å². The van der Waals surface area contributed by atoms with Gasteiger partial charge in [-0.25, -0.2) is 4.98 Å². The van der Waals surface area contributed by atoms with Gasteiger partial charge in [0, 0.05) is 11.6 Å². The maximum absolute atomic E-state index is 5.75. The largest absolute Gasteiger partial charge is 0.399 e. The van der Waals surface area contributed by atoms with Crippen LogP contribution in [0.2, 0.25) is 0 Å². The van der Waals surface area contributed by atoms with E-state index in [1.165, 1.54) is 6.42 Å². The highest BCUT2D eigenvalue weighted by Crippen LogP contribution is 2.28. The fraction of sp³-hybridized carbons (Fsp3) is 0.308. The summed E-state index contributed by atoms with van der Waals surface area (Å²) in [5.41, 5.74) is 8.59. The molecule has 1 unspecified atom stereocenters. The second-order valence-corrected chi connectivity index (χ2v) is 4.38. The molecule has 0 spiro atoms. The SMILES string of the molecule is Nc1ccc2nc(C3CC=CCC3)[nH]c2c1. The van der Waals surface area contributed by atoms with Crippen molar-refractivity contribution in [2.24, 2.45) is 0 Å². The molecule has 1 heterocycles. The molecule has 2 aromatic rings. The predicted molar refractivity (Wildman–Crippen MR) is 66.2 cm³/mol. The quantitative estimate of drug-likeness (QED) is 0.565. The second-order valence-electron chi connectivity index (χ2n) is 4.38. The van der Waals surface area contributed by atoms with Gasteiger partial charge in [0.15, 0.2) is 0 Å². The number of allylic oxidation sites excluding steroid dienone is 2. The summed E-state index contributed by atoms with van der Waals surface area (Å²) in [4.78, 5) is 8.01. The maximum atomic E-state index is 5.75. The van der Waals surface area contributed by atoms with E-state index in [0.717, 1.165) is 35.4 Å². The third-order valence-electron chi connectivity index (χ3n) is 3.18. The van der Waals surface area contributed by atoms with E-state index in [1.54, 1.807) is 0 Å². The highest BCUT2D eigenvalue weighted by molar-refractivity contribution is 5.78. The van der Waals surface area contributed by atoms with Gasteiger partial charge in [-0.15, -0.1) is 0 Å². The zero-order valence-electron chi connectivity index (χ0n) is 9.11. The smallest absolute Gasteiger partial charge is 0.110 e. The van der Waals surface area contributed by atoms with E-state index in [4.69, 9.17) is 5.73 Å². The Kier molecular flexibility index (Phi) is 2.17. The first kappa shape index (κ1) is 9.46. The van der Waals surface area contributed by atoms with Crippen molar-refractivity contribution in [1.82, 2.24) is 9.97 Å². The van der Waals surface area contributed by atoms with Crippen molar-refractivity contribution in [2.45, 2.75) is 25.2 Å². The number of fused-ring (bicyclic) bond motifs is 1. The lowest BCUT2D eigenvalue weighted by Gasteiger charge is -2.14. The third kappa shape index (κ3) is 1.58. The van der Waals surface area contributed by atoms with E-state index in [0.29, 0.717) is 5.92 Å². The van der Waals surface area contributed by atoms with Crippen LogP contribution in [0.1, 0.15) is 31.0 Å². The highest BCUT2D eigenvalue weighted by Gasteiger charge is 2.16. The van der Waals surface area contributed by atoms with Gasteiger partial charge < -0.3 is 10.7 Å². The predicted octanol–water partition coefficient (Wildman–Crippen LogP) is 2.97. The molecule has 0 aliphatic heterocycles. The van der Waals surface area contributed by atoms with E-state index in [1.807, 2.05) is 18.2 Å². The van der Waals surface area contributed by atoms with Crippen LogP contribution in [0.4, 0.5) is 5.69 Å². The van der Waals surface area contributed by atoms with Crippen molar-refractivity contribution in [2.75, 3.05) is 5.73 Å². The number of nitrogen functional groups attached to an aromatic ring is 1. The Morgan fingerprint density at radius 1 is 1.31 bits per heavy atom. The van der Waals surface area contributed by atoms with Crippen LogP contribution in [0.3, 0.4) is 0 Å². The number of hydrogen-bond acceptors (Lipinski definition) is 2. The Morgan fingerprint density at radius 3 is 3.06 bits per heavy atom. The molecule has 1 aromatic carbocycles. The van der Waals surface area contributed by atoms with Gasteiger partial charge in [-0.05, 0) is 37.5 Å². The van der Waals surface area contributed by atoms with E-state index >= 15 is 0 Å². The van der Waals surface area contributed by atoms with Crippen LogP contribution in [-0.2, 0) is 0 Å². The fourth-order valence-electron chi connectivity index (χ4n) is 2.28. The molecule has 1 atom stereocenters. The van der Waals surface area contributed by atoms with Crippen molar-refractivity contribution >= 4 is 16.7 Å². The van der Waals surface area contributed by atoms with Crippen molar-refractivity contribution in [3.05, 3.63) is 36.2 Å². The molecule has 3 nitrogen and oxygen atoms in total. The molecular formula is C13H15N3. The number of rotatable bonds is 1. The Balaban J connectivity index is 2.01. The molecule has 82 valence electrons. The summed E-state index contributed by atoms with van der Waals surface area (Å²) < 4.78 is 0. The van der Waals surface area contributed by atoms with Gasteiger partial charge in [-0.1, -0.05) is 12.2 Å². The number of hydrogen-bond donors (Lipinski definition) is 2. The van der Waals surface area contributed by atoms with Gasteiger partial charge in [0.05, 0.1) is 11.0 Å². The van der Waals surface area contributed by atoms with Crippen LogP contribution in [0.5, 0.6) is 0 Å². The van der Waals surface area contributed by atoms with Gasteiger partial charge in [0.25, 0.3) is 0 Å². The zero-order chi connectivity index (χ0) is 11.0. The van der Waals surface area contributed by atoms with Crippen LogP contribution in [0, 0.1) is 0 Å². The molecule has 3 rings (SSSR count). The first-order valence-electron chi connectivity index (χ1n) is 5.73. The fourth-order valence-corrected chi connectivity index (χ4v) is 2.28. The summed E-state index contributed by atoms with van der Waals surface area (Å²) in [6.45, 7) is 0. The van der Waals surface area contributed by atoms with Crippen LogP contribution in [0.25, 0.3) is 11.0 Å². The van der Waals surface area contributed by atoms with Crippen molar-refractivity contribution in [3.8, 4) is 0 Å². The highest BCUT2D eigenvalue weighted by atomic mass is 14.9. The lowest BCUT2D eigenvalue weighted by molar-refractivity contribution is 0.590. The summed E-state index contributed by atoms with van der Waals surface area (Å²) in [5.74, 6) is 1.64. The van der Waals surface area contributed by atoms with Crippen molar-refractivity contribution < 1.29 is 0 Å². The first-order valence-corrected chi connectivity index (χ1v) is 5.73.